The van der Waals surface area contributed by atoms with Crippen LogP contribution < -0.4 is 5.32 Å². The first kappa shape index (κ1) is 16.0. The van der Waals surface area contributed by atoms with Crippen molar-refractivity contribution >= 4 is 0 Å². The van der Waals surface area contributed by atoms with Crippen LogP contribution in [0.1, 0.15) is 25.7 Å². The summed E-state index contributed by atoms with van der Waals surface area (Å²) in [5.74, 6) is 0. The number of rotatable bonds is 4. The molecule has 0 saturated carbocycles. The smallest absolute Gasteiger partial charge is 0.266 e. The Morgan fingerprint density at radius 1 is 1.32 bits per heavy atom. The van der Waals surface area contributed by atoms with E-state index in [-0.39, 0.29) is 23.1 Å². The second kappa shape index (κ2) is 6.74. The molecule has 0 aromatic carbocycles. The summed E-state index contributed by atoms with van der Waals surface area (Å²) >= 11 is 0. The van der Waals surface area contributed by atoms with E-state index in [0.29, 0.717) is 32.6 Å². The van der Waals surface area contributed by atoms with Gasteiger partial charge in [0.1, 0.15) is 6.17 Å². The predicted octanol–water partition coefficient (Wildman–Crippen LogP) is -0.180. The molecule has 3 rings (SSSR count). The van der Waals surface area contributed by atoms with Crippen LogP contribution in [0.25, 0.3) is 0 Å². The summed E-state index contributed by atoms with van der Waals surface area (Å²) in [5, 5.41) is 24.2. The summed E-state index contributed by atoms with van der Waals surface area (Å²) < 4.78 is 13.0. The molecule has 8 heteroatoms. The summed E-state index contributed by atoms with van der Waals surface area (Å²) in [6.07, 6.45) is 1.25. The minimum atomic E-state index is -0.730. The lowest BCUT2D eigenvalue weighted by molar-refractivity contribution is -0.532. The Hall–Kier alpha value is -0.830. The molecule has 0 aromatic rings. The highest BCUT2D eigenvalue weighted by Crippen LogP contribution is 2.26. The molecule has 126 valence electrons. The lowest BCUT2D eigenvalue weighted by Crippen LogP contribution is -2.63. The van der Waals surface area contributed by atoms with Gasteiger partial charge >= 0.3 is 0 Å². The molecular formula is C14H25FN4O3. The predicted molar refractivity (Wildman–Crippen MR) is 78.9 cm³/mol. The number of halogens is 1. The van der Waals surface area contributed by atoms with Gasteiger partial charge < -0.3 is 5.11 Å². The van der Waals surface area contributed by atoms with Gasteiger partial charge in [0.2, 0.25) is 0 Å². The van der Waals surface area contributed by atoms with Crippen LogP contribution in [0.4, 0.5) is 4.39 Å². The van der Waals surface area contributed by atoms with Gasteiger partial charge in [-0.1, -0.05) is 0 Å². The standard InChI is InChI=1S/C14H25FN4O3/c15-10-7-17(8-10)9-12-13(20)2-1-5-18(12)11-3-4-14(16-6-11)19(21)22/h10-14,16,20H,1-9H2. The SMILES string of the molecule is O=[N+]([O-])C1CCC(N2CCCC(O)C2CN2CC(F)C2)CN1. The Morgan fingerprint density at radius 3 is 2.68 bits per heavy atom. The number of likely N-dealkylation sites (tertiary alicyclic amines) is 2. The molecule has 0 spiro atoms. The minimum absolute atomic E-state index is 0.0141. The van der Waals surface area contributed by atoms with Crippen LogP contribution in [-0.4, -0.2) is 83.1 Å². The topological polar surface area (TPSA) is 81.9 Å². The fourth-order valence-corrected chi connectivity index (χ4v) is 3.95. The number of nitrogens with one attached hydrogen (secondary N) is 1. The molecule has 3 aliphatic heterocycles. The van der Waals surface area contributed by atoms with Gasteiger partial charge in [-0.2, -0.15) is 0 Å². The Kier molecular flexibility index (Phi) is 4.91. The van der Waals surface area contributed by atoms with Crippen molar-refractivity contribution in [3.05, 3.63) is 10.1 Å². The molecule has 0 radical (unpaired) electrons. The lowest BCUT2D eigenvalue weighted by Gasteiger charge is -2.48. The number of piperidine rings is 2. The third-order valence-corrected chi connectivity index (χ3v) is 5.23. The third kappa shape index (κ3) is 3.40. The van der Waals surface area contributed by atoms with E-state index in [1.807, 2.05) is 4.90 Å². The molecule has 0 aliphatic carbocycles. The van der Waals surface area contributed by atoms with Gasteiger partial charge in [-0.25, -0.2) is 4.39 Å². The first-order chi connectivity index (χ1) is 10.5. The van der Waals surface area contributed by atoms with E-state index in [1.54, 1.807) is 0 Å². The van der Waals surface area contributed by atoms with Gasteiger partial charge in [0, 0.05) is 49.6 Å². The quantitative estimate of drug-likeness (QED) is 0.553. The van der Waals surface area contributed by atoms with E-state index in [1.165, 1.54) is 0 Å². The largest absolute Gasteiger partial charge is 0.391 e. The Bertz CT molecular complexity index is 400. The first-order valence-electron chi connectivity index (χ1n) is 8.21. The molecule has 2 N–H and O–H groups in total. The molecule has 4 unspecified atom stereocenters. The molecule has 7 nitrogen and oxygen atoms in total. The molecule has 4 atom stereocenters. The van der Waals surface area contributed by atoms with Gasteiger partial charge in [0.05, 0.1) is 6.10 Å². The monoisotopic (exact) mass is 316 g/mol. The van der Waals surface area contributed by atoms with Gasteiger partial charge in [-0.05, 0) is 25.8 Å². The van der Waals surface area contributed by atoms with Crippen LogP contribution in [0.2, 0.25) is 0 Å². The summed E-state index contributed by atoms with van der Waals surface area (Å²) in [6.45, 7) is 3.11. The highest BCUT2D eigenvalue weighted by molar-refractivity contribution is 4.94. The number of nitro groups is 1. The van der Waals surface area contributed by atoms with Crippen molar-refractivity contribution in [3.8, 4) is 0 Å². The molecule has 0 aromatic heterocycles. The Morgan fingerprint density at radius 2 is 2.09 bits per heavy atom. The van der Waals surface area contributed by atoms with Crippen LogP contribution in [-0.2, 0) is 0 Å². The van der Waals surface area contributed by atoms with Crippen molar-refractivity contribution in [1.29, 1.82) is 0 Å². The van der Waals surface area contributed by atoms with Crippen LogP contribution in [0, 0.1) is 10.1 Å². The van der Waals surface area contributed by atoms with Gasteiger partial charge in [-0.3, -0.25) is 25.2 Å². The van der Waals surface area contributed by atoms with E-state index in [2.05, 4.69) is 10.2 Å². The maximum Gasteiger partial charge on any atom is 0.266 e. The maximum atomic E-state index is 13.0. The normalized spacial score (nSPS) is 38.6. The molecular weight excluding hydrogens is 291 g/mol. The fraction of sp³-hybridized carbons (Fsp3) is 1.00. The van der Waals surface area contributed by atoms with E-state index >= 15 is 0 Å². The van der Waals surface area contributed by atoms with Gasteiger partial charge in [0.15, 0.2) is 0 Å². The number of nitrogens with zero attached hydrogens (tertiary/aromatic N) is 3. The first-order valence-corrected chi connectivity index (χ1v) is 8.21. The zero-order chi connectivity index (χ0) is 15.7. The van der Waals surface area contributed by atoms with Crippen LogP contribution in [0.3, 0.4) is 0 Å². The van der Waals surface area contributed by atoms with E-state index in [0.717, 1.165) is 25.8 Å². The van der Waals surface area contributed by atoms with Crippen LogP contribution in [0.5, 0.6) is 0 Å². The lowest BCUT2D eigenvalue weighted by atomic mass is 9.92. The maximum absolute atomic E-state index is 13.0. The molecule has 0 amide bonds. The highest BCUT2D eigenvalue weighted by Gasteiger charge is 2.40. The minimum Gasteiger partial charge on any atom is -0.391 e. The van der Waals surface area contributed by atoms with Gasteiger partial charge in [0.25, 0.3) is 6.17 Å². The van der Waals surface area contributed by atoms with E-state index in [4.69, 9.17) is 0 Å². The molecule has 3 aliphatic rings. The van der Waals surface area contributed by atoms with Crippen LogP contribution in [0.15, 0.2) is 0 Å². The van der Waals surface area contributed by atoms with Crippen molar-refractivity contribution in [1.82, 2.24) is 15.1 Å². The van der Waals surface area contributed by atoms with Crippen molar-refractivity contribution in [3.63, 3.8) is 0 Å². The number of hydrogen-bond donors (Lipinski definition) is 2. The Balaban J connectivity index is 1.58. The zero-order valence-electron chi connectivity index (χ0n) is 12.7. The highest BCUT2D eigenvalue weighted by atomic mass is 19.1. The average molecular weight is 316 g/mol. The molecule has 3 heterocycles. The second-order valence-electron chi connectivity index (χ2n) is 6.77. The van der Waals surface area contributed by atoms with E-state index in [9.17, 15) is 19.6 Å². The second-order valence-corrected chi connectivity index (χ2v) is 6.77. The third-order valence-electron chi connectivity index (χ3n) is 5.23. The number of hydrogen-bond acceptors (Lipinski definition) is 6. The number of alkyl halides is 1. The number of aliphatic hydroxyl groups is 1. The molecule has 3 saturated heterocycles. The molecule has 0 bridgehead atoms. The summed E-state index contributed by atoms with van der Waals surface area (Å²) in [7, 11) is 0. The molecule has 3 fully saturated rings. The number of aliphatic hydroxyl groups excluding tert-OH is 1. The van der Waals surface area contributed by atoms with Crippen molar-refractivity contribution in [2.24, 2.45) is 0 Å². The van der Waals surface area contributed by atoms with Crippen molar-refractivity contribution in [2.45, 2.75) is 56.2 Å². The average Bonchev–Trinajstić information content (AvgIpc) is 2.47. The Labute approximate surface area is 129 Å². The van der Waals surface area contributed by atoms with E-state index < -0.39 is 12.3 Å². The van der Waals surface area contributed by atoms with Crippen molar-refractivity contribution in [2.75, 3.05) is 32.7 Å². The van der Waals surface area contributed by atoms with Crippen molar-refractivity contribution < 1.29 is 14.4 Å². The zero-order valence-corrected chi connectivity index (χ0v) is 12.7. The summed E-state index contributed by atoms with van der Waals surface area (Å²) in [5.41, 5.74) is 0. The fourth-order valence-electron chi connectivity index (χ4n) is 3.95. The molecule has 22 heavy (non-hydrogen) atoms. The van der Waals surface area contributed by atoms with Crippen LogP contribution >= 0.6 is 0 Å². The van der Waals surface area contributed by atoms with Gasteiger partial charge in [-0.15, -0.1) is 0 Å². The summed E-state index contributed by atoms with van der Waals surface area (Å²) in [4.78, 5) is 14.9. The summed E-state index contributed by atoms with van der Waals surface area (Å²) in [6, 6.07) is 0.235.